The molecule has 1 fully saturated rings. The van der Waals surface area contributed by atoms with E-state index in [4.69, 9.17) is 4.42 Å². The van der Waals surface area contributed by atoms with Gasteiger partial charge < -0.3 is 14.6 Å². The molecule has 158 valence electrons. The van der Waals surface area contributed by atoms with E-state index in [0.717, 1.165) is 11.2 Å². The molecule has 0 atom stereocenters. The van der Waals surface area contributed by atoms with Crippen LogP contribution in [0.5, 0.6) is 0 Å². The maximum atomic E-state index is 12.6. The van der Waals surface area contributed by atoms with Crippen LogP contribution in [-0.2, 0) is 10.0 Å². The van der Waals surface area contributed by atoms with Crippen LogP contribution in [0, 0.1) is 0 Å². The van der Waals surface area contributed by atoms with Gasteiger partial charge in [0.15, 0.2) is 5.76 Å². The van der Waals surface area contributed by atoms with E-state index in [-0.39, 0.29) is 24.0 Å². The third-order valence-corrected chi connectivity index (χ3v) is 7.08. The summed E-state index contributed by atoms with van der Waals surface area (Å²) < 4.78 is 32.3. The fourth-order valence-electron chi connectivity index (χ4n) is 3.50. The van der Waals surface area contributed by atoms with Crippen molar-refractivity contribution in [1.29, 1.82) is 0 Å². The number of fused-ring (bicyclic) bond motifs is 1. The number of hydrogen-bond donors (Lipinski definition) is 1. The van der Waals surface area contributed by atoms with Crippen molar-refractivity contribution in [3.8, 4) is 0 Å². The van der Waals surface area contributed by atoms with Crippen molar-refractivity contribution in [2.75, 3.05) is 43.4 Å². The number of anilines is 1. The second-order valence-corrected chi connectivity index (χ2v) is 9.24. The summed E-state index contributed by atoms with van der Waals surface area (Å²) in [6.45, 7) is 2.36. The fraction of sp³-hybridized carbons (Fsp3) is 0.333. The minimum Gasteiger partial charge on any atom is -0.451 e. The summed E-state index contributed by atoms with van der Waals surface area (Å²) in [7, 11) is -3.36. The quantitative estimate of drug-likeness (QED) is 0.579. The number of furan rings is 1. The van der Waals surface area contributed by atoms with Gasteiger partial charge in [-0.1, -0.05) is 24.3 Å². The number of hydrogen-bond acceptors (Lipinski definition) is 6. The van der Waals surface area contributed by atoms with Crippen molar-refractivity contribution in [3.63, 3.8) is 0 Å². The Balaban J connectivity index is 1.23. The number of pyridine rings is 1. The van der Waals surface area contributed by atoms with Gasteiger partial charge in [-0.2, -0.15) is 4.31 Å². The molecule has 1 aliphatic rings. The first-order chi connectivity index (χ1) is 14.5. The normalized spacial score (nSPS) is 15.4. The van der Waals surface area contributed by atoms with Gasteiger partial charge in [0, 0.05) is 44.3 Å². The summed E-state index contributed by atoms with van der Waals surface area (Å²) in [6.07, 6.45) is 2.08. The van der Waals surface area contributed by atoms with Gasteiger partial charge in [0.05, 0.1) is 5.75 Å². The highest BCUT2D eigenvalue weighted by molar-refractivity contribution is 7.89. The predicted octanol–water partition coefficient (Wildman–Crippen LogP) is 2.10. The monoisotopic (exact) mass is 428 g/mol. The van der Waals surface area contributed by atoms with Crippen molar-refractivity contribution >= 4 is 32.7 Å². The van der Waals surface area contributed by atoms with E-state index in [1.54, 1.807) is 18.3 Å². The van der Waals surface area contributed by atoms with Gasteiger partial charge in [-0.3, -0.25) is 4.79 Å². The van der Waals surface area contributed by atoms with E-state index in [2.05, 4.69) is 15.2 Å². The highest BCUT2D eigenvalue weighted by Crippen LogP contribution is 2.19. The molecule has 0 radical (unpaired) electrons. The van der Waals surface area contributed by atoms with Gasteiger partial charge >= 0.3 is 0 Å². The molecular formula is C21H24N4O4S. The molecule has 1 saturated heterocycles. The van der Waals surface area contributed by atoms with E-state index in [9.17, 15) is 13.2 Å². The van der Waals surface area contributed by atoms with E-state index in [0.29, 0.717) is 38.2 Å². The number of para-hydroxylation sites is 1. The SMILES string of the molecule is O=C(NCCCS(=O)(=O)N1CCN(c2ccccn2)CC1)c1cc2ccccc2o1. The first-order valence-electron chi connectivity index (χ1n) is 9.93. The second-order valence-electron chi connectivity index (χ2n) is 7.15. The Hall–Kier alpha value is -2.91. The average Bonchev–Trinajstić information content (AvgIpc) is 3.22. The van der Waals surface area contributed by atoms with Gasteiger partial charge in [-0.05, 0) is 30.7 Å². The third kappa shape index (κ3) is 4.63. The maximum absolute atomic E-state index is 12.6. The van der Waals surface area contributed by atoms with Gasteiger partial charge in [-0.15, -0.1) is 0 Å². The van der Waals surface area contributed by atoms with E-state index < -0.39 is 10.0 Å². The van der Waals surface area contributed by atoms with E-state index in [1.165, 1.54) is 4.31 Å². The Morgan fingerprint density at radius 2 is 1.83 bits per heavy atom. The number of carbonyl (C=O) groups is 1. The van der Waals surface area contributed by atoms with Crippen LogP contribution >= 0.6 is 0 Å². The zero-order valence-corrected chi connectivity index (χ0v) is 17.3. The molecular weight excluding hydrogens is 404 g/mol. The molecule has 1 amide bonds. The number of rotatable bonds is 7. The van der Waals surface area contributed by atoms with Crippen LogP contribution in [0.2, 0.25) is 0 Å². The lowest BCUT2D eigenvalue weighted by molar-refractivity contribution is 0.0928. The first kappa shape index (κ1) is 20.4. The topological polar surface area (TPSA) is 95.8 Å². The second kappa shape index (κ2) is 8.85. The van der Waals surface area contributed by atoms with Crippen molar-refractivity contribution in [1.82, 2.24) is 14.6 Å². The molecule has 3 aromatic rings. The van der Waals surface area contributed by atoms with Crippen molar-refractivity contribution in [2.45, 2.75) is 6.42 Å². The number of carbonyl (C=O) groups excluding carboxylic acids is 1. The smallest absolute Gasteiger partial charge is 0.287 e. The van der Waals surface area contributed by atoms with Gasteiger partial charge in [0.1, 0.15) is 11.4 Å². The molecule has 4 rings (SSSR count). The third-order valence-electron chi connectivity index (χ3n) is 5.12. The molecule has 2 aromatic heterocycles. The first-order valence-corrected chi connectivity index (χ1v) is 11.5. The van der Waals surface area contributed by atoms with Gasteiger partial charge in [0.2, 0.25) is 10.0 Å². The van der Waals surface area contributed by atoms with Crippen LogP contribution in [0.1, 0.15) is 17.0 Å². The Bertz CT molecular complexity index is 1070. The number of piperazine rings is 1. The van der Waals surface area contributed by atoms with Gasteiger partial charge in [0.25, 0.3) is 5.91 Å². The Morgan fingerprint density at radius 1 is 1.07 bits per heavy atom. The maximum Gasteiger partial charge on any atom is 0.287 e. The fourth-order valence-corrected chi connectivity index (χ4v) is 4.99. The number of nitrogens with one attached hydrogen (secondary N) is 1. The van der Waals surface area contributed by atoms with Crippen molar-refractivity contribution in [2.24, 2.45) is 0 Å². The zero-order chi connectivity index (χ0) is 21.0. The van der Waals surface area contributed by atoms with Crippen LogP contribution in [-0.4, -0.2) is 62.1 Å². The summed E-state index contributed by atoms with van der Waals surface area (Å²) in [5.74, 6) is 0.747. The van der Waals surface area contributed by atoms with Crippen LogP contribution in [0.4, 0.5) is 5.82 Å². The molecule has 0 aliphatic carbocycles. The molecule has 0 unspecified atom stereocenters. The summed E-state index contributed by atoms with van der Waals surface area (Å²) in [5, 5.41) is 3.59. The lowest BCUT2D eigenvalue weighted by Gasteiger charge is -2.34. The molecule has 0 bridgehead atoms. The molecule has 1 aromatic carbocycles. The number of sulfonamides is 1. The number of benzene rings is 1. The predicted molar refractivity (Wildman–Crippen MR) is 115 cm³/mol. The largest absolute Gasteiger partial charge is 0.451 e. The highest BCUT2D eigenvalue weighted by atomic mass is 32.2. The molecule has 30 heavy (non-hydrogen) atoms. The summed E-state index contributed by atoms with van der Waals surface area (Å²) >= 11 is 0. The van der Waals surface area contributed by atoms with Crippen LogP contribution in [0.15, 0.2) is 59.1 Å². The molecule has 1 N–H and O–H groups in total. The van der Waals surface area contributed by atoms with E-state index >= 15 is 0 Å². The van der Waals surface area contributed by atoms with Crippen molar-refractivity contribution < 1.29 is 17.6 Å². The number of amides is 1. The summed E-state index contributed by atoms with van der Waals surface area (Å²) in [5.41, 5.74) is 0.648. The van der Waals surface area contributed by atoms with Crippen molar-refractivity contribution in [3.05, 3.63) is 60.5 Å². The van der Waals surface area contributed by atoms with Gasteiger partial charge in [-0.25, -0.2) is 13.4 Å². The Labute approximate surface area is 175 Å². The lowest BCUT2D eigenvalue weighted by atomic mass is 10.2. The average molecular weight is 429 g/mol. The zero-order valence-electron chi connectivity index (χ0n) is 16.5. The molecule has 0 spiro atoms. The minimum atomic E-state index is -3.36. The lowest BCUT2D eigenvalue weighted by Crippen LogP contribution is -2.49. The van der Waals surface area contributed by atoms with Crippen LogP contribution in [0.25, 0.3) is 11.0 Å². The standard InChI is InChI=1S/C21H24N4O4S/c26-21(19-16-17-6-1-2-7-18(17)29-19)23-10-5-15-30(27,28)25-13-11-24(12-14-25)20-8-3-4-9-22-20/h1-4,6-9,16H,5,10-15H2,(H,23,26). The number of aromatic nitrogens is 1. The molecule has 8 nitrogen and oxygen atoms in total. The molecule has 9 heteroatoms. The van der Waals surface area contributed by atoms with Crippen LogP contribution < -0.4 is 10.2 Å². The Kier molecular flexibility index (Phi) is 6.01. The minimum absolute atomic E-state index is 0.00298. The molecule has 0 saturated carbocycles. The summed E-state index contributed by atoms with van der Waals surface area (Å²) in [4.78, 5) is 18.6. The number of nitrogens with zero attached hydrogens (tertiary/aromatic N) is 3. The molecule has 1 aliphatic heterocycles. The Morgan fingerprint density at radius 3 is 2.57 bits per heavy atom. The molecule has 3 heterocycles. The van der Waals surface area contributed by atoms with E-state index in [1.807, 2.05) is 36.4 Å². The van der Waals surface area contributed by atoms with Crippen LogP contribution in [0.3, 0.4) is 0 Å². The summed E-state index contributed by atoms with van der Waals surface area (Å²) in [6, 6.07) is 14.8. The highest BCUT2D eigenvalue weighted by Gasteiger charge is 2.27.